The van der Waals surface area contributed by atoms with Gasteiger partial charge in [-0.1, -0.05) is 50.3 Å². The Bertz CT molecular complexity index is 514. The van der Waals surface area contributed by atoms with E-state index in [1.807, 2.05) is 50.3 Å². The standard InChI is InChI=1S/C16H18O3/c1-16(2)13(14(16)15(18)19-3)9-12(10-17)11-7-5-4-6-8-11/h4-10,13-14H,1-3H3. The topological polar surface area (TPSA) is 43.4 Å². The van der Waals surface area contributed by atoms with E-state index in [0.717, 1.165) is 11.8 Å². The first-order valence-corrected chi connectivity index (χ1v) is 6.32. The van der Waals surface area contributed by atoms with E-state index < -0.39 is 0 Å². The molecule has 19 heavy (non-hydrogen) atoms. The van der Waals surface area contributed by atoms with Gasteiger partial charge in [-0.25, -0.2) is 0 Å². The third-order valence-electron chi connectivity index (χ3n) is 3.96. The molecule has 0 radical (unpaired) electrons. The van der Waals surface area contributed by atoms with Crippen LogP contribution < -0.4 is 0 Å². The average Bonchev–Trinajstić information content (AvgIpc) is 2.97. The molecule has 2 unspecified atom stereocenters. The quantitative estimate of drug-likeness (QED) is 0.474. The lowest BCUT2D eigenvalue weighted by atomic mass is 10.0. The van der Waals surface area contributed by atoms with Crippen molar-refractivity contribution in [2.45, 2.75) is 13.8 Å². The van der Waals surface area contributed by atoms with Crippen LogP contribution in [0.1, 0.15) is 19.4 Å². The Morgan fingerprint density at radius 3 is 2.42 bits per heavy atom. The molecule has 1 fully saturated rings. The molecule has 0 bridgehead atoms. The number of carbonyl (C=O) groups is 2. The van der Waals surface area contributed by atoms with Gasteiger partial charge in [0, 0.05) is 5.57 Å². The van der Waals surface area contributed by atoms with Gasteiger partial charge < -0.3 is 4.74 Å². The van der Waals surface area contributed by atoms with Crippen molar-refractivity contribution in [3.63, 3.8) is 0 Å². The number of methoxy groups -OCH3 is 1. The fraction of sp³-hybridized carbons (Fsp3) is 0.375. The Balaban J connectivity index is 2.26. The number of esters is 1. The van der Waals surface area contributed by atoms with Crippen LogP contribution in [0, 0.1) is 17.3 Å². The molecule has 1 aliphatic carbocycles. The van der Waals surface area contributed by atoms with Gasteiger partial charge in [0.15, 0.2) is 0 Å². The van der Waals surface area contributed by atoms with Crippen molar-refractivity contribution in [2.24, 2.45) is 17.3 Å². The van der Waals surface area contributed by atoms with E-state index in [1.165, 1.54) is 7.11 Å². The summed E-state index contributed by atoms with van der Waals surface area (Å²) in [6.45, 7) is 4.03. The van der Waals surface area contributed by atoms with Crippen LogP contribution >= 0.6 is 0 Å². The van der Waals surface area contributed by atoms with Gasteiger partial charge in [-0.15, -0.1) is 0 Å². The summed E-state index contributed by atoms with van der Waals surface area (Å²) in [4.78, 5) is 22.9. The van der Waals surface area contributed by atoms with Crippen molar-refractivity contribution in [3.8, 4) is 0 Å². The third kappa shape index (κ3) is 2.46. The number of rotatable bonds is 4. The fourth-order valence-electron chi connectivity index (χ4n) is 2.59. The van der Waals surface area contributed by atoms with E-state index >= 15 is 0 Å². The second kappa shape index (κ2) is 5.00. The van der Waals surface area contributed by atoms with Crippen molar-refractivity contribution in [3.05, 3.63) is 42.0 Å². The zero-order chi connectivity index (χ0) is 14.0. The molecule has 0 amide bonds. The molecular formula is C16H18O3. The molecular weight excluding hydrogens is 240 g/mol. The molecule has 3 heteroatoms. The summed E-state index contributed by atoms with van der Waals surface area (Å²) in [6.07, 6.45) is 2.74. The first-order chi connectivity index (χ1) is 9.02. The summed E-state index contributed by atoms with van der Waals surface area (Å²) in [5.74, 6) is -0.305. The van der Waals surface area contributed by atoms with E-state index in [4.69, 9.17) is 4.74 Å². The van der Waals surface area contributed by atoms with Gasteiger partial charge in [0.2, 0.25) is 0 Å². The Labute approximate surface area is 113 Å². The molecule has 0 N–H and O–H groups in total. The fourth-order valence-corrected chi connectivity index (χ4v) is 2.59. The summed E-state index contributed by atoms with van der Waals surface area (Å²) in [7, 11) is 1.40. The van der Waals surface area contributed by atoms with Gasteiger partial charge in [0.1, 0.15) is 6.29 Å². The summed E-state index contributed by atoms with van der Waals surface area (Å²) >= 11 is 0. The summed E-state index contributed by atoms with van der Waals surface area (Å²) in [5, 5.41) is 0. The van der Waals surface area contributed by atoms with Crippen molar-refractivity contribution < 1.29 is 14.3 Å². The van der Waals surface area contributed by atoms with Crippen LogP contribution in [-0.2, 0) is 14.3 Å². The van der Waals surface area contributed by atoms with Crippen LogP contribution in [-0.4, -0.2) is 19.4 Å². The highest BCUT2D eigenvalue weighted by atomic mass is 16.5. The second-order valence-corrected chi connectivity index (χ2v) is 5.45. The van der Waals surface area contributed by atoms with Crippen LogP contribution in [0.15, 0.2) is 36.4 Å². The lowest BCUT2D eigenvalue weighted by Gasteiger charge is -2.01. The van der Waals surface area contributed by atoms with Gasteiger partial charge >= 0.3 is 5.97 Å². The highest BCUT2D eigenvalue weighted by Gasteiger charge is 2.61. The zero-order valence-corrected chi connectivity index (χ0v) is 11.4. The number of ether oxygens (including phenoxy) is 1. The van der Waals surface area contributed by atoms with E-state index in [-0.39, 0.29) is 23.2 Å². The minimum atomic E-state index is -0.204. The SMILES string of the molecule is COC(=O)C1C(C=C(C=O)c2ccccc2)C1(C)C. The van der Waals surface area contributed by atoms with Crippen LogP contribution in [0.2, 0.25) is 0 Å². The number of benzene rings is 1. The Hall–Kier alpha value is -1.90. The molecule has 1 saturated carbocycles. The molecule has 1 aromatic carbocycles. The third-order valence-corrected chi connectivity index (χ3v) is 3.96. The number of allylic oxidation sites excluding steroid dienone is 2. The number of hydrogen-bond acceptors (Lipinski definition) is 3. The van der Waals surface area contributed by atoms with Crippen LogP contribution in [0.5, 0.6) is 0 Å². The molecule has 0 aliphatic heterocycles. The smallest absolute Gasteiger partial charge is 0.309 e. The van der Waals surface area contributed by atoms with E-state index in [0.29, 0.717) is 5.57 Å². The maximum Gasteiger partial charge on any atom is 0.309 e. The second-order valence-electron chi connectivity index (χ2n) is 5.45. The van der Waals surface area contributed by atoms with Gasteiger partial charge in [-0.2, -0.15) is 0 Å². The molecule has 1 aromatic rings. The maximum atomic E-state index is 11.7. The molecule has 0 heterocycles. The van der Waals surface area contributed by atoms with E-state index in [9.17, 15) is 9.59 Å². The van der Waals surface area contributed by atoms with Crippen LogP contribution in [0.25, 0.3) is 5.57 Å². The first kappa shape index (κ1) is 13.5. The molecule has 0 aromatic heterocycles. The van der Waals surface area contributed by atoms with Crippen LogP contribution in [0.3, 0.4) is 0 Å². The normalized spacial score (nSPS) is 24.7. The number of hydrogen-bond donors (Lipinski definition) is 0. The molecule has 3 nitrogen and oxygen atoms in total. The summed E-state index contributed by atoms with van der Waals surface area (Å²) < 4.78 is 4.80. The van der Waals surface area contributed by atoms with Gasteiger partial charge in [0.05, 0.1) is 13.0 Å². The summed E-state index contributed by atoms with van der Waals surface area (Å²) in [6, 6.07) is 9.47. The van der Waals surface area contributed by atoms with Gasteiger partial charge in [-0.3, -0.25) is 9.59 Å². The average molecular weight is 258 g/mol. The molecule has 0 saturated heterocycles. The molecule has 0 spiro atoms. The van der Waals surface area contributed by atoms with Crippen molar-refractivity contribution in [2.75, 3.05) is 7.11 Å². The largest absolute Gasteiger partial charge is 0.469 e. The Morgan fingerprint density at radius 2 is 1.89 bits per heavy atom. The highest BCUT2D eigenvalue weighted by molar-refractivity contribution is 6.07. The summed E-state index contributed by atoms with van der Waals surface area (Å²) in [5.41, 5.74) is 1.37. The zero-order valence-electron chi connectivity index (χ0n) is 11.4. The van der Waals surface area contributed by atoms with E-state index in [2.05, 4.69) is 0 Å². The predicted molar refractivity (Wildman–Crippen MR) is 73.3 cm³/mol. The van der Waals surface area contributed by atoms with Gasteiger partial charge in [0.25, 0.3) is 0 Å². The molecule has 2 atom stereocenters. The minimum Gasteiger partial charge on any atom is -0.469 e. The van der Waals surface area contributed by atoms with Crippen molar-refractivity contribution >= 4 is 17.8 Å². The Morgan fingerprint density at radius 1 is 1.26 bits per heavy atom. The molecule has 1 aliphatic rings. The highest BCUT2D eigenvalue weighted by Crippen LogP contribution is 2.60. The predicted octanol–water partition coefficient (Wildman–Crippen LogP) is 2.71. The van der Waals surface area contributed by atoms with Crippen molar-refractivity contribution in [1.29, 1.82) is 0 Å². The first-order valence-electron chi connectivity index (χ1n) is 6.32. The lowest BCUT2D eigenvalue weighted by Crippen LogP contribution is -2.07. The number of aldehydes is 1. The van der Waals surface area contributed by atoms with Crippen molar-refractivity contribution in [1.82, 2.24) is 0 Å². The molecule has 100 valence electrons. The minimum absolute atomic E-state index is 0.0559. The number of carbonyl (C=O) groups excluding carboxylic acids is 2. The maximum absolute atomic E-state index is 11.7. The monoisotopic (exact) mass is 258 g/mol. The van der Waals surface area contributed by atoms with Gasteiger partial charge in [-0.05, 0) is 16.9 Å². The molecule has 2 rings (SSSR count). The van der Waals surface area contributed by atoms with E-state index in [1.54, 1.807) is 0 Å². The lowest BCUT2D eigenvalue weighted by molar-refractivity contribution is -0.143. The Kier molecular flexibility index (Phi) is 3.56. The van der Waals surface area contributed by atoms with Crippen LogP contribution in [0.4, 0.5) is 0 Å².